The fourth-order valence-corrected chi connectivity index (χ4v) is 3.12. The molecule has 0 aliphatic carbocycles. The molecule has 1 saturated heterocycles. The molecule has 0 amide bonds. The molecule has 1 aliphatic heterocycles. The smallest absolute Gasteiger partial charge is 0.113 e. The molecule has 1 fully saturated rings. The van der Waals surface area contributed by atoms with Crippen LogP contribution in [0.5, 0.6) is 0 Å². The Morgan fingerprint density at radius 2 is 1.72 bits per heavy atom. The number of allylic oxidation sites excluding steroid dienone is 11. The molecule has 0 aromatic rings. The Morgan fingerprint density at radius 1 is 1.00 bits per heavy atom. The quantitative estimate of drug-likeness (QED) is 0.203. The molecule has 0 aromatic carbocycles. The molecule has 0 bridgehead atoms. The summed E-state index contributed by atoms with van der Waals surface area (Å²) in [5, 5.41) is 10.5. The van der Waals surface area contributed by atoms with Crippen molar-refractivity contribution in [1.29, 1.82) is 0 Å². The first kappa shape index (κ1) is 21.8. The van der Waals surface area contributed by atoms with Crippen LogP contribution in [0, 0.1) is 0 Å². The molecule has 3 unspecified atom stereocenters. The van der Waals surface area contributed by atoms with Crippen LogP contribution in [0.4, 0.5) is 0 Å². The predicted molar refractivity (Wildman–Crippen MR) is 119 cm³/mol. The molecule has 1 rings (SSSR count). The van der Waals surface area contributed by atoms with Crippen LogP contribution in [0.3, 0.4) is 0 Å². The van der Waals surface area contributed by atoms with Gasteiger partial charge in [0.1, 0.15) is 4.17 Å². The van der Waals surface area contributed by atoms with E-state index in [-0.39, 0.29) is 16.5 Å². The summed E-state index contributed by atoms with van der Waals surface area (Å²) in [6.45, 7) is 7.85. The summed E-state index contributed by atoms with van der Waals surface area (Å²) in [6.07, 6.45) is 27.1. The average molecular weight is 451 g/mol. The second-order valence-electron chi connectivity index (χ2n) is 5.58. The molecular formula is C21H30IN3. The SMILES string of the molecule is C=C/C=C(\C=C\C1NC(I)NC(C/C=C\C=C/C)N1)C/C=C\C=C/C. The molecule has 25 heavy (non-hydrogen) atoms. The van der Waals surface area contributed by atoms with Crippen LogP contribution in [-0.2, 0) is 0 Å². The van der Waals surface area contributed by atoms with E-state index in [0.29, 0.717) is 0 Å². The Kier molecular flexibility index (Phi) is 12.2. The molecule has 0 radical (unpaired) electrons. The second-order valence-corrected chi connectivity index (χ2v) is 6.82. The molecule has 3 nitrogen and oxygen atoms in total. The lowest BCUT2D eigenvalue weighted by molar-refractivity contribution is 0.285. The minimum absolute atomic E-state index is 0.135. The lowest BCUT2D eigenvalue weighted by Gasteiger charge is -2.34. The zero-order valence-corrected chi connectivity index (χ0v) is 17.3. The van der Waals surface area contributed by atoms with Gasteiger partial charge in [0.05, 0.1) is 12.3 Å². The Balaban J connectivity index is 2.62. The summed E-state index contributed by atoms with van der Waals surface area (Å²) < 4.78 is 0.232. The molecule has 3 N–H and O–H groups in total. The Bertz CT molecular complexity index is 555. The molecule has 136 valence electrons. The van der Waals surface area contributed by atoms with E-state index in [2.05, 4.69) is 87.7 Å². The summed E-state index contributed by atoms with van der Waals surface area (Å²) >= 11 is 2.38. The first-order valence-electron chi connectivity index (χ1n) is 8.67. The molecule has 4 heteroatoms. The van der Waals surface area contributed by atoms with Gasteiger partial charge in [-0.1, -0.05) is 79.5 Å². The third-order valence-corrected chi connectivity index (χ3v) is 4.21. The van der Waals surface area contributed by atoms with Crippen LogP contribution >= 0.6 is 22.6 Å². The van der Waals surface area contributed by atoms with Gasteiger partial charge in [0.25, 0.3) is 0 Å². The Morgan fingerprint density at radius 3 is 2.40 bits per heavy atom. The maximum absolute atomic E-state index is 3.81. The van der Waals surface area contributed by atoms with Crippen LogP contribution in [0.1, 0.15) is 26.7 Å². The molecule has 1 heterocycles. The molecule has 0 spiro atoms. The van der Waals surface area contributed by atoms with Gasteiger partial charge in [0.15, 0.2) is 0 Å². The monoisotopic (exact) mass is 451 g/mol. The van der Waals surface area contributed by atoms with E-state index in [0.717, 1.165) is 12.8 Å². The zero-order valence-electron chi connectivity index (χ0n) is 15.2. The third kappa shape index (κ3) is 10.4. The van der Waals surface area contributed by atoms with Gasteiger partial charge in [-0.15, -0.1) is 0 Å². The van der Waals surface area contributed by atoms with Crippen LogP contribution < -0.4 is 16.0 Å². The number of rotatable bonds is 9. The largest absolute Gasteiger partial charge is 0.283 e. The summed E-state index contributed by atoms with van der Waals surface area (Å²) in [6, 6.07) is 0. The average Bonchev–Trinajstić information content (AvgIpc) is 2.60. The number of alkyl halides is 1. The van der Waals surface area contributed by atoms with E-state index in [1.807, 2.05) is 44.2 Å². The topological polar surface area (TPSA) is 36.1 Å². The van der Waals surface area contributed by atoms with Gasteiger partial charge in [-0.3, -0.25) is 16.0 Å². The standard InChI is InChI=1S/C21H30IN3/c1-4-7-9-11-14-18(13-6-3)16-17-20-23-19(24-21(22)25-20)15-12-10-8-5-2/h4-13,16-17,19-21,23-25H,3,14-15H2,1-2H3/b7-4-,8-5-,11-9-,12-10-,17-16+,18-13-. The fourth-order valence-electron chi connectivity index (χ4n) is 2.30. The summed E-state index contributed by atoms with van der Waals surface area (Å²) in [4.78, 5) is 0. The van der Waals surface area contributed by atoms with Gasteiger partial charge >= 0.3 is 0 Å². The number of hydrogen-bond donors (Lipinski definition) is 3. The molecule has 0 saturated carbocycles. The highest BCUT2D eigenvalue weighted by atomic mass is 127. The first-order valence-corrected chi connectivity index (χ1v) is 9.91. The maximum atomic E-state index is 3.81. The van der Waals surface area contributed by atoms with Crippen molar-refractivity contribution < 1.29 is 0 Å². The summed E-state index contributed by atoms with van der Waals surface area (Å²) in [5.74, 6) is 0. The van der Waals surface area contributed by atoms with Crippen molar-refractivity contribution in [3.8, 4) is 0 Å². The second kappa shape index (κ2) is 14.0. The van der Waals surface area contributed by atoms with Gasteiger partial charge in [-0.2, -0.15) is 0 Å². The maximum Gasteiger partial charge on any atom is 0.113 e. The molecular weight excluding hydrogens is 421 g/mol. The van der Waals surface area contributed by atoms with E-state index < -0.39 is 0 Å². The van der Waals surface area contributed by atoms with Crippen molar-refractivity contribution >= 4 is 22.6 Å². The van der Waals surface area contributed by atoms with Crippen LogP contribution in [0.15, 0.2) is 85.1 Å². The summed E-state index contributed by atoms with van der Waals surface area (Å²) in [5.41, 5.74) is 1.23. The van der Waals surface area contributed by atoms with E-state index in [4.69, 9.17) is 0 Å². The van der Waals surface area contributed by atoms with Gasteiger partial charge in [-0.25, -0.2) is 0 Å². The van der Waals surface area contributed by atoms with Crippen LogP contribution in [0.25, 0.3) is 0 Å². The van der Waals surface area contributed by atoms with E-state index in [1.54, 1.807) is 0 Å². The number of hydrogen-bond acceptors (Lipinski definition) is 3. The van der Waals surface area contributed by atoms with E-state index in [1.165, 1.54) is 5.57 Å². The fraction of sp³-hybridized carbons (Fsp3) is 0.333. The van der Waals surface area contributed by atoms with Crippen molar-refractivity contribution in [2.24, 2.45) is 0 Å². The van der Waals surface area contributed by atoms with Crippen molar-refractivity contribution in [2.75, 3.05) is 0 Å². The van der Waals surface area contributed by atoms with Gasteiger partial charge in [0.2, 0.25) is 0 Å². The van der Waals surface area contributed by atoms with Crippen LogP contribution in [-0.4, -0.2) is 16.5 Å². The number of halogens is 1. The highest BCUT2D eigenvalue weighted by Crippen LogP contribution is 2.09. The van der Waals surface area contributed by atoms with Crippen molar-refractivity contribution in [1.82, 2.24) is 16.0 Å². The molecule has 1 aliphatic rings. The summed E-state index contributed by atoms with van der Waals surface area (Å²) in [7, 11) is 0. The van der Waals surface area contributed by atoms with Crippen molar-refractivity contribution in [3.05, 3.63) is 85.1 Å². The highest BCUT2D eigenvalue weighted by molar-refractivity contribution is 14.1. The highest BCUT2D eigenvalue weighted by Gasteiger charge is 2.22. The van der Waals surface area contributed by atoms with Crippen LogP contribution in [0.2, 0.25) is 0 Å². The predicted octanol–water partition coefficient (Wildman–Crippen LogP) is 4.85. The van der Waals surface area contributed by atoms with E-state index in [9.17, 15) is 0 Å². The third-order valence-electron chi connectivity index (χ3n) is 3.49. The Labute approximate surface area is 166 Å². The first-order chi connectivity index (χ1) is 12.2. The van der Waals surface area contributed by atoms with Gasteiger partial charge in [-0.05, 0) is 54.9 Å². The molecule has 0 aromatic heterocycles. The lowest BCUT2D eigenvalue weighted by Crippen LogP contribution is -2.64. The Hall–Kier alpha value is -1.21. The minimum Gasteiger partial charge on any atom is -0.283 e. The molecule has 3 atom stereocenters. The normalized spacial score (nSPS) is 26.0. The minimum atomic E-state index is 0.135. The lowest BCUT2D eigenvalue weighted by atomic mass is 10.1. The van der Waals surface area contributed by atoms with Crippen molar-refractivity contribution in [3.63, 3.8) is 0 Å². The van der Waals surface area contributed by atoms with Crippen molar-refractivity contribution in [2.45, 2.75) is 43.2 Å². The van der Waals surface area contributed by atoms with E-state index >= 15 is 0 Å². The van der Waals surface area contributed by atoms with Gasteiger partial charge in [0, 0.05) is 0 Å². The van der Waals surface area contributed by atoms with Gasteiger partial charge < -0.3 is 0 Å². The number of nitrogens with one attached hydrogen (secondary N) is 3. The zero-order chi connectivity index (χ0) is 18.3.